The maximum absolute atomic E-state index is 8.71. The van der Waals surface area contributed by atoms with Crippen molar-refractivity contribution in [1.29, 1.82) is 0 Å². The highest BCUT2D eigenvalue weighted by Gasteiger charge is 1.96. The smallest absolute Gasteiger partial charge is 0.119 e. The second-order valence-electron chi connectivity index (χ2n) is 5.38. The molecule has 0 aliphatic rings. The lowest BCUT2D eigenvalue weighted by molar-refractivity contribution is 0.273. The number of ether oxygens (including phenoxy) is 2. The number of aliphatic hydroxyl groups excluding tert-OH is 1. The van der Waals surface area contributed by atoms with Crippen LogP contribution in [-0.4, -0.2) is 25.4 Å². The van der Waals surface area contributed by atoms with Gasteiger partial charge in [-0.1, -0.05) is 6.42 Å². The van der Waals surface area contributed by atoms with Gasteiger partial charge < -0.3 is 14.6 Å². The van der Waals surface area contributed by atoms with Crippen LogP contribution in [0.2, 0.25) is 0 Å². The van der Waals surface area contributed by atoms with E-state index in [4.69, 9.17) is 14.6 Å². The summed E-state index contributed by atoms with van der Waals surface area (Å²) in [4.78, 5) is 0. The Bertz CT molecular complexity index is 610. The minimum atomic E-state index is 0.271. The van der Waals surface area contributed by atoms with Crippen molar-refractivity contribution >= 4 is 11.4 Å². The van der Waals surface area contributed by atoms with Gasteiger partial charge in [-0.05, 0) is 67.8 Å². The van der Waals surface area contributed by atoms with Crippen LogP contribution < -0.4 is 9.47 Å². The zero-order valence-corrected chi connectivity index (χ0v) is 14.0. The normalized spacial score (nSPS) is 10.9. The Morgan fingerprint density at radius 1 is 0.750 bits per heavy atom. The van der Waals surface area contributed by atoms with E-state index in [1.165, 1.54) is 0 Å². The van der Waals surface area contributed by atoms with E-state index in [9.17, 15) is 0 Å². The molecule has 0 atom stereocenters. The number of hydrogen-bond donors (Lipinski definition) is 1. The average molecular weight is 328 g/mol. The van der Waals surface area contributed by atoms with Crippen LogP contribution in [0.25, 0.3) is 0 Å². The summed E-state index contributed by atoms with van der Waals surface area (Å²) in [6.07, 6.45) is 3.99. The highest BCUT2D eigenvalue weighted by Crippen LogP contribution is 2.23. The number of methoxy groups -OCH3 is 1. The molecule has 0 aromatic heterocycles. The first-order chi connectivity index (χ1) is 11.8. The summed E-state index contributed by atoms with van der Waals surface area (Å²) >= 11 is 0. The van der Waals surface area contributed by atoms with Crippen molar-refractivity contribution in [1.82, 2.24) is 0 Å². The van der Waals surface area contributed by atoms with E-state index < -0.39 is 0 Å². The SMILES string of the molecule is COc1ccc(N=Nc2ccc(OCCCCCCO)cc2)cc1. The molecule has 5 heteroatoms. The van der Waals surface area contributed by atoms with Crippen molar-refractivity contribution in [3.8, 4) is 11.5 Å². The molecule has 2 aromatic carbocycles. The van der Waals surface area contributed by atoms with Gasteiger partial charge in [0.25, 0.3) is 0 Å². The third-order valence-corrected chi connectivity index (χ3v) is 3.51. The van der Waals surface area contributed by atoms with Crippen molar-refractivity contribution in [2.24, 2.45) is 10.2 Å². The van der Waals surface area contributed by atoms with Crippen LogP contribution in [0.15, 0.2) is 58.8 Å². The fourth-order valence-corrected chi connectivity index (χ4v) is 2.13. The van der Waals surface area contributed by atoms with Crippen molar-refractivity contribution in [3.05, 3.63) is 48.5 Å². The fourth-order valence-electron chi connectivity index (χ4n) is 2.13. The van der Waals surface area contributed by atoms with Crippen molar-refractivity contribution in [2.75, 3.05) is 20.3 Å². The van der Waals surface area contributed by atoms with Gasteiger partial charge in [0.05, 0.1) is 25.1 Å². The number of benzene rings is 2. The topological polar surface area (TPSA) is 63.4 Å². The van der Waals surface area contributed by atoms with Gasteiger partial charge in [0.15, 0.2) is 0 Å². The summed E-state index contributed by atoms with van der Waals surface area (Å²) in [5.74, 6) is 1.63. The maximum Gasteiger partial charge on any atom is 0.119 e. The standard InChI is InChI=1S/C19H24N2O3/c1-23-18-10-6-16(7-11-18)20-21-17-8-12-19(13-9-17)24-15-5-3-2-4-14-22/h6-13,22H,2-5,14-15H2,1H3. The number of unbranched alkanes of at least 4 members (excludes halogenated alkanes) is 3. The van der Waals surface area contributed by atoms with Gasteiger partial charge >= 0.3 is 0 Å². The van der Waals surface area contributed by atoms with Crippen LogP contribution in [0.3, 0.4) is 0 Å². The van der Waals surface area contributed by atoms with Gasteiger partial charge in [0.1, 0.15) is 11.5 Å². The van der Waals surface area contributed by atoms with E-state index in [1.54, 1.807) is 7.11 Å². The van der Waals surface area contributed by atoms with Crippen molar-refractivity contribution in [2.45, 2.75) is 25.7 Å². The molecule has 128 valence electrons. The second kappa shape index (κ2) is 10.4. The van der Waals surface area contributed by atoms with Crippen LogP contribution >= 0.6 is 0 Å². The summed E-state index contributed by atoms with van der Waals surface area (Å²) < 4.78 is 10.8. The van der Waals surface area contributed by atoms with Crippen LogP contribution in [0.1, 0.15) is 25.7 Å². The second-order valence-corrected chi connectivity index (χ2v) is 5.38. The first-order valence-corrected chi connectivity index (χ1v) is 8.21. The molecule has 0 unspecified atom stereocenters. The van der Waals surface area contributed by atoms with Crippen LogP contribution in [-0.2, 0) is 0 Å². The van der Waals surface area contributed by atoms with Crippen LogP contribution in [0.5, 0.6) is 11.5 Å². The number of nitrogens with zero attached hydrogens (tertiary/aromatic N) is 2. The molecule has 2 rings (SSSR count). The van der Waals surface area contributed by atoms with E-state index in [1.807, 2.05) is 48.5 Å². The minimum Gasteiger partial charge on any atom is -0.497 e. The summed E-state index contributed by atoms with van der Waals surface area (Å²) in [6, 6.07) is 15.0. The molecule has 2 aromatic rings. The van der Waals surface area contributed by atoms with Gasteiger partial charge in [-0.15, -0.1) is 0 Å². The Morgan fingerprint density at radius 3 is 1.83 bits per heavy atom. The van der Waals surface area contributed by atoms with Gasteiger partial charge in [-0.25, -0.2) is 0 Å². The van der Waals surface area contributed by atoms with Gasteiger partial charge in [-0.2, -0.15) is 10.2 Å². The van der Waals surface area contributed by atoms with Crippen LogP contribution in [0, 0.1) is 0 Å². The number of rotatable bonds is 10. The molecule has 0 aliphatic carbocycles. The van der Waals surface area contributed by atoms with E-state index >= 15 is 0 Å². The summed E-state index contributed by atoms with van der Waals surface area (Å²) in [5, 5.41) is 17.1. The Labute approximate surface area is 143 Å². The Kier molecular flexibility index (Phi) is 7.77. The Morgan fingerprint density at radius 2 is 1.29 bits per heavy atom. The predicted octanol–water partition coefficient (Wildman–Crippen LogP) is 5.04. The molecule has 5 nitrogen and oxygen atoms in total. The summed E-state index contributed by atoms with van der Waals surface area (Å²) in [7, 11) is 1.63. The highest BCUT2D eigenvalue weighted by atomic mass is 16.5. The number of aliphatic hydroxyl groups is 1. The predicted molar refractivity (Wildman–Crippen MR) is 94.7 cm³/mol. The molecule has 0 spiro atoms. The lowest BCUT2D eigenvalue weighted by Gasteiger charge is -2.05. The molecule has 0 heterocycles. The molecule has 0 saturated carbocycles. The third-order valence-electron chi connectivity index (χ3n) is 3.51. The monoisotopic (exact) mass is 328 g/mol. The number of azo groups is 1. The first-order valence-electron chi connectivity index (χ1n) is 8.21. The van der Waals surface area contributed by atoms with Crippen LogP contribution in [0.4, 0.5) is 11.4 Å². The molecule has 0 saturated heterocycles. The Balaban J connectivity index is 1.77. The largest absolute Gasteiger partial charge is 0.497 e. The summed E-state index contributed by atoms with van der Waals surface area (Å²) in [6.45, 7) is 0.964. The molecule has 0 amide bonds. The van der Waals surface area contributed by atoms with Gasteiger partial charge in [0.2, 0.25) is 0 Å². The van der Waals surface area contributed by atoms with E-state index in [2.05, 4.69) is 10.2 Å². The quantitative estimate of drug-likeness (QED) is 0.491. The lowest BCUT2D eigenvalue weighted by atomic mass is 10.2. The maximum atomic E-state index is 8.71. The van der Waals surface area contributed by atoms with Crippen molar-refractivity contribution in [3.63, 3.8) is 0 Å². The first kappa shape index (κ1) is 17.9. The Hall–Kier alpha value is -2.40. The van der Waals surface area contributed by atoms with Gasteiger partial charge in [0, 0.05) is 6.61 Å². The molecule has 0 fully saturated rings. The van der Waals surface area contributed by atoms with E-state index in [0.717, 1.165) is 48.6 Å². The zero-order valence-electron chi connectivity index (χ0n) is 14.0. The molecule has 0 bridgehead atoms. The fraction of sp³-hybridized carbons (Fsp3) is 0.368. The average Bonchev–Trinajstić information content (AvgIpc) is 2.64. The lowest BCUT2D eigenvalue weighted by Crippen LogP contribution is -1.97. The van der Waals surface area contributed by atoms with E-state index in [0.29, 0.717) is 6.61 Å². The molecule has 1 N–H and O–H groups in total. The molecular weight excluding hydrogens is 304 g/mol. The van der Waals surface area contributed by atoms with Gasteiger partial charge in [-0.3, -0.25) is 0 Å². The molecule has 24 heavy (non-hydrogen) atoms. The number of hydrogen-bond acceptors (Lipinski definition) is 5. The summed E-state index contributed by atoms with van der Waals surface area (Å²) in [5.41, 5.74) is 1.56. The van der Waals surface area contributed by atoms with Crippen molar-refractivity contribution < 1.29 is 14.6 Å². The van der Waals surface area contributed by atoms with E-state index in [-0.39, 0.29) is 6.61 Å². The zero-order chi connectivity index (χ0) is 17.0. The molecule has 0 aliphatic heterocycles. The highest BCUT2D eigenvalue weighted by molar-refractivity contribution is 5.44. The minimum absolute atomic E-state index is 0.271. The third kappa shape index (κ3) is 6.38. The molecular formula is C19H24N2O3. The molecule has 0 radical (unpaired) electrons.